The molecule has 3 fully saturated rings. The second kappa shape index (κ2) is 12.5. The number of amides is 1. The molecule has 3 N–H and O–H groups in total. The lowest BCUT2D eigenvalue weighted by Gasteiger charge is -2.38. The van der Waals surface area contributed by atoms with E-state index in [0.717, 1.165) is 32.2 Å². The number of carbonyl (C=O) groups is 1. The van der Waals surface area contributed by atoms with Gasteiger partial charge in [-0.15, -0.1) is 0 Å². The van der Waals surface area contributed by atoms with Gasteiger partial charge in [-0.05, 0) is 85.5 Å². The van der Waals surface area contributed by atoms with Crippen LogP contribution in [0.15, 0.2) is 30.5 Å². The minimum absolute atomic E-state index is 0.0411. The molecule has 0 spiro atoms. The first kappa shape index (κ1) is 30.5. The lowest BCUT2D eigenvalue weighted by atomic mass is 9.94. The first-order valence-corrected chi connectivity index (χ1v) is 16.1. The number of fused-ring (bicyclic) bond motifs is 3. The number of piperidine rings is 1. The summed E-state index contributed by atoms with van der Waals surface area (Å²) in [5.41, 5.74) is 0.501. The SMILES string of the molecule is CCc1c(F)ccc2cc(O)cc(-c3ncc4c(N5CCCC6NC(=O)CC65)nc(OCC5CCCNC[C@H](F)C5)nc4c3F)c12. The number of anilines is 1. The van der Waals surface area contributed by atoms with Crippen molar-refractivity contribution < 1.29 is 27.8 Å². The summed E-state index contributed by atoms with van der Waals surface area (Å²) in [5.74, 6) is -0.992. The van der Waals surface area contributed by atoms with Crippen molar-refractivity contribution in [3.8, 4) is 23.0 Å². The number of rotatable bonds is 6. The molecule has 4 atom stereocenters. The van der Waals surface area contributed by atoms with Crippen LogP contribution in [-0.2, 0) is 11.2 Å². The molecule has 3 saturated heterocycles. The molecule has 4 aromatic rings. The molecule has 242 valence electrons. The Bertz CT molecular complexity index is 1810. The third kappa shape index (κ3) is 5.67. The number of aryl methyl sites for hydroxylation is 1. The smallest absolute Gasteiger partial charge is 0.319 e. The van der Waals surface area contributed by atoms with Crippen LogP contribution >= 0.6 is 0 Å². The van der Waals surface area contributed by atoms with Gasteiger partial charge < -0.3 is 25.4 Å². The first-order valence-electron chi connectivity index (χ1n) is 16.1. The van der Waals surface area contributed by atoms with Gasteiger partial charge in [0.2, 0.25) is 5.91 Å². The summed E-state index contributed by atoms with van der Waals surface area (Å²) in [5, 5.41) is 18.1. The number of hydrogen-bond donors (Lipinski definition) is 3. The fourth-order valence-corrected chi connectivity index (χ4v) is 7.40. The monoisotopic (exact) mass is 634 g/mol. The summed E-state index contributed by atoms with van der Waals surface area (Å²) in [6.45, 7) is 3.61. The molecule has 1 amide bonds. The van der Waals surface area contributed by atoms with Crippen LogP contribution in [0.4, 0.5) is 19.0 Å². The van der Waals surface area contributed by atoms with Gasteiger partial charge in [0.05, 0.1) is 18.0 Å². The minimum atomic E-state index is -0.999. The van der Waals surface area contributed by atoms with Crippen LogP contribution in [-0.4, -0.2) is 70.5 Å². The summed E-state index contributed by atoms with van der Waals surface area (Å²) in [6, 6.07) is 5.51. The molecule has 3 aliphatic rings. The van der Waals surface area contributed by atoms with Crippen LogP contribution in [0.3, 0.4) is 0 Å². The van der Waals surface area contributed by atoms with Gasteiger partial charge in [-0.3, -0.25) is 9.78 Å². The zero-order valence-electron chi connectivity index (χ0n) is 25.7. The van der Waals surface area contributed by atoms with Gasteiger partial charge in [0, 0.05) is 37.3 Å². The number of benzene rings is 2. The molecule has 46 heavy (non-hydrogen) atoms. The molecule has 2 aromatic heterocycles. The van der Waals surface area contributed by atoms with Crippen molar-refractivity contribution >= 4 is 33.4 Å². The van der Waals surface area contributed by atoms with Crippen LogP contribution in [0.25, 0.3) is 32.9 Å². The molecule has 7 rings (SSSR count). The quantitative estimate of drug-likeness (QED) is 0.260. The summed E-state index contributed by atoms with van der Waals surface area (Å²) >= 11 is 0. The molecule has 9 nitrogen and oxygen atoms in total. The van der Waals surface area contributed by atoms with Crippen molar-refractivity contribution in [1.82, 2.24) is 25.6 Å². The maximum Gasteiger partial charge on any atom is 0.319 e. The van der Waals surface area contributed by atoms with Gasteiger partial charge in [-0.25, -0.2) is 13.2 Å². The largest absolute Gasteiger partial charge is 0.508 e. The zero-order chi connectivity index (χ0) is 31.9. The summed E-state index contributed by atoms with van der Waals surface area (Å²) < 4.78 is 52.3. The van der Waals surface area contributed by atoms with Crippen molar-refractivity contribution in [1.29, 1.82) is 0 Å². The predicted octanol–water partition coefficient (Wildman–Crippen LogP) is 5.36. The summed E-state index contributed by atoms with van der Waals surface area (Å²) in [4.78, 5) is 28.2. The number of carbonyl (C=O) groups excluding carboxylic acids is 1. The molecule has 3 aliphatic heterocycles. The average molecular weight is 635 g/mol. The van der Waals surface area contributed by atoms with E-state index in [1.807, 2.05) is 11.8 Å². The molecule has 3 unspecified atom stereocenters. The normalized spacial score (nSPS) is 23.7. The van der Waals surface area contributed by atoms with Crippen LogP contribution in [0.1, 0.15) is 51.0 Å². The van der Waals surface area contributed by atoms with Crippen molar-refractivity contribution in [2.75, 3.05) is 31.1 Å². The van der Waals surface area contributed by atoms with Crippen molar-refractivity contribution in [2.45, 2.75) is 70.1 Å². The summed E-state index contributed by atoms with van der Waals surface area (Å²) in [6.07, 6.45) is 4.74. The third-order valence-corrected chi connectivity index (χ3v) is 9.57. The van der Waals surface area contributed by atoms with E-state index in [2.05, 4.69) is 20.6 Å². The Labute approximate surface area is 264 Å². The van der Waals surface area contributed by atoms with Crippen molar-refractivity contribution in [3.05, 3.63) is 47.7 Å². The topological polar surface area (TPSA) is 113 Å². The number of phenolic OH excluding ortho intramolecular Hbond substituents is 1. The van der Waals surface area contributed by atoms with E-state index in [4.69, 9.17) is 9.72 Å². The highest BCUT2D eigenvalue weighted by molar-refractivity contribution is 6.02. The first-order chi connectivity index (χ1) is 22.3. The fraction of sp³-hybridized carbons (Fsp3) is 0.471. The van der Waals surface area contributed by atoms with E-state index >= 15 is 4.39 Å². The van der Waals surface area contributed by atoms with Gasteiger partial charge in [0.15, 0.2) is 5.82 Å². The van der Waals surface area contributed by atoms with Crippen LogP contribution in [0, 0.1) is 17.6 Å². The Balaban J connectivity index is 1.36. The van der Waals surface area contributed by atoms with E-state index in [9.17, 15) is 18.7 Å². The van der Waals surface area contributed by atoms with Gasteiger partial charge in [0.1, 0.15) is 34.8 Å². The number of halogens is 3. The number of alkyl halides is 1. The average Bonchev–Trinajstić information content (AvgIpc) is 3.42. The number of aromatic hydroxyl groups is 1. The standard InChI is InChI=1S/C34H37F3N6O3/c1-2-22-25(36)8-7-19-12-21(44)13-23(29(19)22)31-30(37)32-24(16-39-31)33(43-10-4-6-26-27(43)14-28(45)40-26)42-34(41-32)46-17-18-5-3-9-38-15-20(35)11-18/h7-8,12-13,16,18,20,26-27,38,44H,2-6,9-11,14-15,17H2,1H3,(H,40,45)/t18?,20-,26?,27?/m1/s1. The number of ether oxygens (including phenoxy) is 1. The molecule has 5 heterocycles. The molecular weight excluding hydrogens is 597 g/mol. The maximum atomic E-state index is 16.8. The van der Waals surface area contributed by atoms with Gasteiger partial charge >= 0.3 is 6.01 Å². The van der Waals surface area contributed by atoms with E-state index in [0.29, 0.717) is 53.5 Å². The van der Waals surface area contributed by atoms with Gasteiger partial charge in [0.25, 0.3) is 0 Å². The van der Waals surface area contributed by atoms with Crippen LogP contribution in [0.5, 0.6) is 11.8 Å². The zero-order valence-corrected chi connectivity index (χ0v) is 25.7. The Kier molecular flexibility index (Phi) is 8.31. The van der Waals surface area contributed by atoms with Gasteiger partial charge in [-0.2, -0.15) is 9.97 Å². The Morgan fingerprint density at radius 3 is 2.87 bits per heavy atom. The van der Waals surface area contributed by atoms with E-state index < -0.39 is 17.8 Å². The summed E-state index contributed by atoms with van der Waals surface area (Å²) in [7, 11) is 0. The lowest BCUT2D eigenvalue weighted by molar-refractivity contribution is -0.119. The molecule has 2 aromatic carbocycles. The molecule has 12 heteroatoms. The second-order valence-electron chi connectivity index (χ2n) is 12.6. The van der Waals surface area contributed by atoms with E-state index in [1.165, 1.54) is 24.4 Å². The minimum Gasteiger partial charge on any atom is -0.508 e. The van der Waals surface area contributed by atoms with Crippen LogP contribution in [0.2, 0.25) is 0 Å². The number of hydrogen-bond acceptors (Lipinski definition) is 8. The Hall–Kier alpha value is -4.19. The number of pyridine rings is 1. The number of nitrogens with one attached hydrogen (secondary N) is 2. The van der Waals surface area contributed by atoms with E-state index in [-0.39, 0.29) is 65.5 Å². The molecule has 0 saturated carbocycles. The highest BCUT2D eigenvalue weighted by Crippen LogP contribution is 2.40. The lowest BCUT2D eigenvalue weighted by Crippen LogP contribution is -2.49. The Morgan fingerprint density at radius 1 is 1.15 bits per heavy atom. The number of aromatic nitrogens is 3. The predicted molar refractivity (Wildman–Crippen MR) is 169 cm³/mol. The number of phenols is 1. The molecule has 0 aliphatic carbocycles. The highest BCUT2D eigenvalue weighted by atomic mass is 19.1. The second-order valence-corrected chi connectivity index (χ2v) is 12.6. The maximum absolute atomic E-state index is 16.8. The highest BCUT2D eigenvalue weighted by Gasteiger charge is 2.40. The van der Waals surface area contributed by atoms with Crippen molar-refractivity contribution in [2.24, 2.45) is 5.92 Å². The number of nitrogens with zero attached hydrogens (tertiary/aromatic N) is 4. The Morgan fingerprint density at radius 2 is 2.02 bits per heavy atom. The van der Waals surface area contributed by atoms with Crippen molar-refractivity contribution in [3.63, 3.8) is 0 Å². The van der Waals surface area contributed by atoms with Crippen LogP contribution < -0.4 is 20.3 Å². The molecule has 0 radical (unpaired) electrons. The third-order valence-electron chi connectivity index (χ3n) is 9.57. The van der Waals surface area contributed by atoms with Gasteiger partial charge in [-0.1, -0.05) is 13.0 Å². The molecular formula is C34H37F3N6O3. The fourth-order valence-electron chi connectivity index (χ4n) is 7.40. The molecule has 0 bridgehead atoms. The van der Waals surface area contributed by atoms with E-state index in [1.54, 1.807) is 6.07 Å².